The van der Waals surface area contributed by atoms with Crippen molar-refractivity contribution in [2.24, 2.45) is 0 Å². The third-order valence-corrected chi connectivity index (χ3v) is 2.90. The minimum Gasteiger partial charge on any atom is -0.490 e. The third-order valence-electron chi connectivity index (χ3n) is 2.90. The second-order valence-corrected chi connectivity index (χ2v) is 4.30. The average molecular weight is 265 g/mol. The molecule has 0 fully saturated rings. The number of ether oxygens (including phenoxy) is 3. The molecule has 0 bridgehead atoms. The Morgan fingerprint density at radius 2 is 2.21 bits per heavy atom. The van der Waals surface area contributed by atoms with Gasteiger partial charge in [0.15, 0.2) is 11.5 Å². The summed E-state index contributed by atoms with van der Waals surface area (Å²) in [6, 6.07) is 5.86. The summed E-state index contributed by atoms with van der Waals surface area (Å²) in [7, 11) is 1.39. The van der Waals surface area contributed by atoms with Crippen LogP contribution >= 0.6 is 0 Å². The fraction of sp³-hybridized carbons (Fsp3) is 0.500. The van der Waals surface area contributed by atoms with Gasteiger partial charge >= 0.3 is 5.97 Å². The van der Waals surface area contributed by atoms with Gasteiger partial charge in [0, 0.05) is 25.1 Å². The lowest BCUT2D eigenvalue weighted by Gasteiger charge is -2.12. The molecule has 0 aliphatic carbocycles. The predicted molar refractivity (Wildman–Crippen MR) is 70.4 cm³/mol. The average Bonchev–Trinajstić information content (AvgIpc) is 2.69. The second-order valence-electron chi connectivity index (χ2n) is 4.30. The van der Waals surface area contributed by atoms with E-state index in [-0.39, 0.29) is 5.97 Å². The van der Waals surface area contributed by atoms with Gasteiger partial charge in [-0.25, -0.2) is 0 Å². The fourth-order valence-electron chi connectivity index (χ4n) is 1.91. The van der Waals surface area contributed by atoms with E-state index in [1.165, 1.54) is 7.11 Å². The van der Waals surface area contributed by atoms with E-state index < -0.39 is 0 Å². The van der Waals surface area contributed by atoms with Gasteiger partial charge in [-0.15, -0.1) is 0 Å². The summed E-state index contributed by atoms with van der Waals surface area (Å²) in [6.45, 7) is 2.58. The molecule has 2 rings (SSSR count). The number of carbonyl (C=O) groups is 1. The van der Waals surface area contributed by atoms with Gasteiger partial charge in [-0.05, 0) is 6.07 Å². The normalized spacial score (nSPS) is 13.7. The number of para-hydroxylation sites is 1. The first-order valence-corrected chi connectivity index (χ1v) is 6.46. The Kier molecular flexibility index (Phi) is 5.03. The van der Waals surface area contributed by atoms with Crippen LogP contribution in [0, 0.1) is 0 Å². The number of esters is 1. The zero-order valence-corrected chi connectivity index (χ0v) is 11.1. The molecule has 1 aromatic carbocycles. The maximum atomic E-state index is 11.0. The molecule has 0 radical (unpaired) electrons. The van der Waals surface area contributed by atoms with Crippen molar-refractivity contribution in [2.75, 3.05) is 26.9 Å². The van der Waals surface area contributed by atoms with Gasteiger partial charge in [0.25, 0.3) is 0 Å². The van der Waals surface area contributed by atoms with Crippen LogP contribution in [0.25, 0.3) is 0 Å². The van der Waals surface area contributed by atoms with Crippen LogP contribution in [-0.4, -0.2) is 32.8 Å². The number of carbonyl (C=O) groups excluding carboxylic acids is 1. The van der Waals surface area contributed by atoms with Gasteiger partial charge in [-0.2, -0.15) is 0 Å². The van der Waals surface area contributed by atoms with Crippen LogP contribution in [0.3, 0.4) is 0 Å². The maximum Gasteiger partial charge on any atom is 0.306 e. The van der Waals surface area contributed by atoms with Crippen LogP contribution in [0.4, 0.5) is 0 Å². The molecule has 0 atom stereocenters. The van der Waals surface area contributed by atoms with Crippen molar-refractivity contribution in [1.82, 2.24) is 5.32 Å². The molecule has 104 valence electrons. The molecule has 0 aromatic heterocycles. The van der Waals surface area contributed by atoms with E-state index in [9.17, 15) is 4.79 Å². The molecule has 0 saturated carbocycles. The highest BCUT2D eigenvalue weighted by atomic mass is 16.5. The molecule has 0 spiro atoms. The molecule has 1 aromatic rings. The van der Waals surface area contributed by atoms with Crippen molar-refractivity contribution in [3.8, 4) is 11.5 Å². The van der Waals surface area contributed by atoms with Crippen molar-refractivity contribution in [2.45, 2.75) is 19.4 Å². The van der Waals surface area contributed by atoms with E-state index in [1.54, 1.807) is 0 Å². The highest BCUT2D eigenvalue weighted by Crippen LogP contribution is 2.32. The highest BCUT2D eigenvalue weighted by molar-refractivity contribution is 5.69. The lowest BCUT2D eigenvalue weighted by Crippen LogP contribution is -2.19. The SMILES string of the molecule is COC(=O)CCNCc1cccc2c1OCCCO2. The molecule has 5 nitrogen and oxygen atoms in total. The Hall–Kier alpha value is -1.75. The molecule has 0 saturated heterocycles. The van der Waals surface area contributed by atoms with Gasteiger partial charge in [-0.1, -0.05) is 12.1 Å². The van der Waals surface area contributed by atoms with E-state index in [0.717, 1.165) is 23.5 Å². The minimum absolute atomic E-state index is 0.209. The van der Waals surface area contributed by atoms with Gasteiger partial charge < -0.3 is 19.5 Å². The summed E-state index contributed by atoms with van der Waals surface area (Å²) < 4.78 is 15.9. The first-order chi connectivity index (χ1) is 9.31. The van der Waals surface area contributed by atoms with Crippen LogP contribution < -0.4 is 14.8 Å². The number of benzene rings is 1. The summed E-state index contributed by atoms with van der Waals surface area (Å²) in [5, 5.41) is 3.20. The first kappa shape index (κ1) is 13.7. The van der Waals surface area contributed by atoms with Crippen LogP contribution in [0.1, 0.15) is 18.4 Å². The number of methoxy groups -OCH3 is 1. The Balaban J connectivity index is 1.91. The summed E-state index contributed by atoms with van der Waals surface area (Å²) in [5.41, 5.74) is 1.05. The number of rotatable bonds is 5. The van der Waals surface area contributed by atoms with Gasteiger partial charge in [0.2, 0.25) is 0 Å². The van der Waals surface area contributed by atoms with Crippen LogP contribution in [0.2, 0.25) is 0 Å². The Morgan fingerprint density at radius 1 is 1.37 bits per heavy atom. The molecule has 1 N–H and O–H groups in total. The Bertz CT molecular complexity index is 433. The van der Waals surface area contributed by atoms with Crippen molar-refractivity contribution >= 4 is 5.97 Å². The topological polar surface area (TPSA) is 56.8 Å². The molecular weight excluding hydrogens is 246 g/mol. The van der Waals surface area contributed by atoms with Crippen molar-refractivity contribution in [1.29, 1.82) is 0 Å². The van der Waals surface area contributed by atoms with Gasteiger partial charge in [0.05, 0.1) is 26.7 Å². The molecule has 5 heteroatoms. The molecular formula is C14H19NO4. The van der Waals surface area contributed by atoms with E-state index >= 15 is 0 Å². The molecule has 1 heterocycles. The minimum atomic E-state index is -0.209. The van der Waals surface area contributed by atoms with E-state index in [2.05, 4.69) is 10.1 Å². The number of fused-ring (bicyclic) bond motifs is 1. The van der Waals surface area contributed by atoms with Crippen LogP contribution in [-0.2, 0) is 16.1 Å². The van der Waals surface area contributed by atoms with Crippen LogP contribution in [0.15, 0.2) is 18.2 Å². The molecule has 1 aliphatic heterocycles. The monoisotopic (exact) mass is 265 g/mol. The second kappa shape index (κ2) is 6.99. The standard InChI is InChI=1S/C14H19NO4/c1-17-13(16)6-7-15-10-11-4-2-5-12-14(11)19-9-3-8-18-12/h2,4-5,15H,3,6-10H2,1H3. The summed E-state index contributed by atoms with van der Waals surface area (Å²) in [5.74, 6) is 1.40. The molecule has 0 unspecified atom stereocenters. The maximum absolute atomic E-state index is 11.0. The summed E-state index contributed by atoms with van der Waals surface area (Å²) >= 11 is 0. The Morgan fingerprint density at radius 3 is 3.05 bits per heavy atom. The largest absolute Gasteiger partial charge is 0.490 e. The van der Waals surface area contributed by atoms with Crippen LogP contribution in [0.5, 0.6) is 11.5 Å². The third kappa shape index (κ3) is 3.86. The van der Waals surface area contributed by atoms with Crippen molar-refractivity contribution < 1.29 is 19.0 Å². The zero-order valence-electron chi connectivity index (χ0n) is 11.1. The molecule has 19 heavy (non-hydrogen) atoms. The van der Waals surface area contributed by atoms with Gasteiger partial charge in [-0.3, -0.25) is 4.79 Å². The Labute approximate surface area is 112 Å². The summed E-state index contributed by atoms with van der Waals surface area (Å²) in [4.78, 5) is 11.0. The first-order valence-electron chi connectivity index (χ1n) is 6.46. The van der Waals surface area contributed by atoms with E-state index in [1.807, 2.05) is 18.2 Å². The molecule has 0 amide bonds. The van der Waals surface area contributed by atoms with E-state index in [4.69, 9.17) is 9.47 Å². The smallest absolute Gasteiger partial charge is 0.306 e. The van der Waals surface area contributed by atoms with Crippen molar-refractivity contribution in [3.05, 3.63) is 23.8 Å². The van der Waals surface area contributed by atoms with Gasteiger partial charge in [0.1, 0.15) is 0 Å². The number of nitrogens with one attached hydrogen (secondary N) is 1. The quantitative estimate of drug-likeness (QED) is 0.646. The lowest BCUT2D eigenvalue weighted by molar-refractivity contribution is -0.140. The van der Waals surface area contributed by atoms with Crippen molar-refractivity contribution in [3.63, 3.8) is 0 Å². The highest BCUT2D eigenvalue weighted by Gasteiger charge is 2.13. The zero-order chi connectivity index (χ0) is 13.5. The summed E-state index contributed by atoms with van der Waals surface area (Å²) in [6.07, 6.45) is 1.26. The predicted octanol–water partition coefficient (Wildman–Crippen LogP) is 1.50. The molecule has 1 aliphatic rings. The fourth-order valence-corrected chi connectivity index (χ4v) is 1.91. The number of hydrogen-bond donors (Lipinski definition) is 1. The van der Waals surface area contributed by atoms with E-state index in [0.29, 0.717) is 32.7 Å². The lowest BCUT2D eigenvalue weighted by atomic mass is 10.2. The number of hydrogen-bond acceptors (Lipinski definition) is 5.